The molecule has 0 aliphatic carbocycles. The van der Waals surface area contributed by atoms with E-state index in [1.807, 2.05) is 35.0 Å². The fourth-order valence-corrected chi connectivity index (χ4v) is 5.74. The molecule has 4 aromatic heterocycles. The van der Waals surface area contributed by atoms with Crippen molar-refractivity contribution in [2.24, 2.45) is 5.92 Å². The maximum atomic E-state index is 15.0. The number of ether oxygens (including phenoxy) is 1. The van der Waals surface area contributed by atoms with Crippen molar-refractivity contribution in [1.82, 2.24) is 19.6 Å². The molecule has 0 fully saturated rings. The number of aromatic nitrogens is 4. The Bertz CT molecular complexity index is 1940. The van der Waals surface area contributed by atoms with E-state index in [0.717, 1.165) is 55.1 Å². The molecule has 0 saturated heterocycles. The van der Waals surface area contributed by atoms with Gasteiger partial charge in [-0.3, -0.25) is 0 Å². The lowest BCUT2D eigenvalue weighted by atomic mass is 9.97. The first-order chi connectivity index (χ1) is 19.2. The van der Waals surface area contributed by atoms with E-state index in [2.05, 4.69) is 35.9 Å². The summed E-state index contributed by atoms with van der Waals surface area (Å²) in [5.74, 6) is -0.0473. The van der Waals surface area contributed by atoms with E-state index in [0.29, 0.717) is 37.8 Å². The second kappa shape index (κ2) is 8.84. The zero-order valence-electron chi connectivity index (χ0n) is 21.8. The van der Waals surface area contributed by atoms with Gasteiger partial charge in [-0.1, -0.05) is 32.0 Å². The quantitative estimate of drug-likeness (QED) is 0.186. The van der Waals surface area contributed by atoms with E-state index in [-0.39, 0.29) is 12.4 Å². The molecule has 0 amide bonds. The van der Waals surface area contributed by atoms with Gasteiger partial charge in [0.15, 0.2) is 11.6 Å². The SMILES string of the molecule is CC(C)COc1cccc2c3ccc4[nH]ccc4c3c3c4c(nn3c12)CCN(c1ncc(C(F)(F)F)cc1F)C4. The Hall–Kier alpha value is -4.34. The van der Waals surface area contributed by atoms with Gasteiger partial charge in [0.1, 0.15) is 11.3 Å². The number of aromatic amines is 1. The second-order valence-electron chi connectivity index (χ2n) is 10.7. The Kier molecular flexibility index (Phi) is 5.45. The summed E-state index contributed by atoms with van der Waals surface area (Å²) in [6.45, 7) is 5.36. The maximum absolute atomic E-state index is 15.0. The average molecular weight is 548 g/mol. The lowest BCUT2D eigenvalue weighted by molar-refractivity contribution is -0.138. The van der Waals surface area contributed by atoms with Crippen LogP contribution >= 0.6 is 0 Å². The van der Waals surface area contributed by atoms with Crippen LogP contribution in [0.1, 0.15) is 30.7 Å². The first-order valence-electron chi connectivity index (χ1n) is 13.2. The number of para-hydroxylation sites is 1. The standard InChI is InChI=1S/C30H25F4N5O/c1-16(2)15-40-25-5-3-4-19-18-6-7-23-20(8-10-35-23)26(18)28-21-14-38(11-9-24(21)37-39(28)27(19)25)29-22(31)12-17(13-36-29)30(32,33)34/h3-8,10,12-13,16,35H,9,11,14-15H2,1-2H3. The molecule has 0 spiro atoms. The number of rotatable bonds is 4. The van der Waals surface area contributed by atoms with Crippen molar-refractivity contribution in [1.29, 1.82) is 0 Å². The number of halogens is 4. The molecule has 0 radical (unpaired) electrons. The van der Waals surface area contributed by atoms with Crippen LogP contribution in [0.2, 0.25) is 0 Å². The monoisotopic (exact) mass is 547 g/mol. The van der Waals surface area contributed by atoms with Crippen LogP contribution in [0.5, 0.6) is 5.75 Å². The van der Waals surface area contributed by atoms with Crippen LogP contribution in [0.15, 0.2) is 54.9 Å². The van der Waals surface area contributed by atoms with Crippen LogP contribution in [-0.2, 0) is 19.1 Å². The molecule has 0 bridgehead atoms. The normalized spacial score (nSPS) is 14.2. The highest BCUT2D eigenvalue weighted by atomic mass is 19.4. The molecular formula is C30H25F4N5O. The molecule has 1 aliphatic heterocycles. The predicted octanol–water partition coefficient (Wildman–Crippen LogP) is 7.27. The number of fused-ring (bicyclic) bond motifs is 10. The zero-order valence-corrected chi connectivity index (χ0v) is 21.8. The molecule has 6 nitrogen and oxygen atoms in total. The maximum Gasteiger partial charge on any atom is 0.417 e. The Morgan fingerprint density at radius 3 is 2.67 bits per heavy atom. The molecule has 2 aromatic carbocycles. The van der Waals surface area contributed by atoms with Crippen LogP contribution in [0.3, 0.4) is 0 Å². The number of benzene rings is 2. The van der Waals surface area contributed by atoms with Gasteiger partial charge in [0, 0.05) is 59.1 Å². The summed E-state index contributed by atoms with van der Waals surface area (Å²) in [6, 6.07) is 12.7. The first-order valence-corrected chi connectivity index (χ1v) is 13.2. The molecule has 40 heavy (non-hydrogen) atoms. The van der Waals surface area contributed by atoms with Crippen molar-refractivity contribution >= 4 is 43.9 Å². The third-order valence-electron chi connectivity index (χ3n) is 7.53. The Morgan fingerprint density at radius 1 is 1.05 bits per heavy atom. The molecular weight excluding hydrogens is 522 g/mol. The number of hydrogen-bond acceptors (Lipinski definition) is 4. The molecule has 0 unspecified atom stereocenters. The second-order valence-corrected chi connectivity index (χ2v) is 10.7. The molecule has 0 saturated carbocycles. The first kappa shape index (κ1) is 24.7. The van der Waals surface area contributed by atoms with Crippen LogP contribution < -0.4 is 9.64 Å². The van der Waals surface area contributed by atoms with Crippen molar-refractivity contribution in [3.05, 3.63) is 77.5 Å². The third kappa shape index (κ3) is 3.76. The third-order valence-corrected chi connectivity index (χ3v) is 7.53. The van der Waals surface area contributed by atoms with E-state index >= 15 is 0 Å². The molecule has 7 rings (SSSR count). The summed E-state index contributed by atoms with van der Waals surface area (Å²) in [4.78, 5) is 8.87. The number of pyridine rings is 2. The average Bonchev–Trinajstić information content (AvgIpc) is 3.55. The van der Waals surface area contributed by atoms with E-state index in [9.17, 15) is 17.6 Å². The van der Waals surface area contributed by atoms with Gasteiger partial charge in [-0.05, 0) is 35.6 Å². The minimum Gasteiger partial charge on any atom is -0.491 e. The van der Waals surface area contributed by atoms with Crippen molar-refractivity contribution in [2.45, 2.75) is 33.0 Å². The highest BCUT2D eigenvalue weighted by Gasteiger charge is 2.33. The van der Waals surface area contributed by atoms with Gasteiger partial charge in [-0.2, -0.15) is 18.3 Å². The van der Waals surface area contributed by atoms with Crippen molar-refractivity contribution in [2.75, 3.05) is 18.1 Å². The lowest BCUT2D eigenvalue weighted by Crippen LogP contribution is -2.31. The summed E-state index contributed by atoms with van der Waals surface area (Å²) in [6.07, 6.45) is -1.60. The van der Waals surface area contributed by atoms with Gasteiger partial charge in [0.05, 0.1) is 23.4 Å². The molecule has 1 N–H and O–H groups in total. The van der Waals surface area contributed by atoms with Crippen molar-refractivity contribution < 1.29 is 22.3 Å². The number of anilines is 1. The number of nitrogens with one attached hydrogen (secondary N) is 1. The summed E-state index contributed by atoms with van der Waals surface area (Å²) in [5, 5.41) is 9.10. The fraction of sp³-hybridized carbons (Fsp3) is 0.267. The Labute approximate surface area is 226 Å². The summed E-state index contributed by atoms with van der Waals surface area (Å²) < 4.78 is 62.6. The van der Waals surface area contributed by atoms with Crippen LogP contribution in [0.25, 0.3) is 38.1 Å². The van der Waals surface area contributed by atoms with Crippen molar-refractivity contribution in [3.63, 3.8) is 0 Å². The number of H-pyrrole nitrogens is 1. The van der Waals surface area contributed by atoms with Gasteiger partial charge in [-0.25, -0.2) is 13.9 Å². The molecule has 5 heterocycles. The molecule has 10 heteroatoms. The van der Waals surface area contributed by atoms with Gasteiger partial charge in [0.2, 0.25) is 0 Å². The largest absolute Gasteiger partial charge is 0.491 e. The van der Waals surface area contributed by atoms with Gasteiger partial charge in [-0.15, -0.1) is 0 Å². The highest BCUT2D eigenvalue weighted by Crippen LogP contribution is 2.41. The molecule has 204 valence electrons. The predicted molar refractivity (Wildman–Crippen MR) is 146 cm³/mol. The topological polar surface area (TPSA) is 58.4 Å². The Morgan fingerprint density at radius 2 is 1.90 bits per heavy atom. The molecule has 0 atom stereocenters. The fourth-order valence-electron chi connectivity index (χ4n) is 5.74. The van der Waals surface area contributed by atoms with E-state index in [4.69, 9.17) is 9.84 Å². The number of hydrogen-bond donors (Lipinski definition) is 1. The van der Waals surface area contributed by atoms with E-state index in [1.165, 1.54) is 0 Å². The minimum absolute atomic E-state index is 0.101. The summed E-state index contributed by atoms with van der Waals surface area (Å²) >= 11 is 0. The summed E-state index contributed by atoms with van der Waals surface area (Å²) in [5.41, 5.74) is 3.35. The minimum atomic E-state index is -4.67. The smallest absolute Gasteiger partial charge is 0.417 e. The molecule has 1 aliphatic rings. The van der Waals surface area contributed by atoms with Crippen LogP contribution in [0, 0.1) is 11.7 Å². The molecule has 6 aromatic rings. The number of alkyl halides is 3. The van der Waals surface area contributed by atoms with Gasteiger partial charge >= 0.3 is 6.18 Å². The van der Waals surface area contributed by atoms with Gasteiger partial charge in [0.25, 0.3) is 0 Å². The highest BCUT2D eigenvalue weighted by molar-refractivity contribution is 6.23. The van der Waals surface area contributed by atoms with Gasteiger partial charge < -0.3 is 14.6 Å². The van der Waals surface area contributed by atoms with Crippen molar-refractivity contribution in [3.8, 4) is 5.75 Å². The lowest BCUT2D eigenvalue weighted by Gasteiger charge is -2.28. The Balaban J connectivity index is 1.48. The summed E-state index contributed by atoms with van der Waals surface area (Å²) in [7, 11) is 0. The van der Waals surface area contributed by atoms with E-state index in [1.54, 1.807) is 4.90 Å². The van der Waals surface area contributed by atoms with Crippen LogP contribution in [0.4, 0.5) is 23.4 Å². The number of nitrogens with zero attached hydrogens (tertiary/aromatic N) is 4. The zero-order chi connectivity index (χ0) is 27.8. The van der Waals surface area contributed by atoms with Crippen LogP contribution in [-0.4, -0.2) is 32.7 Å². The van der Waals surface area contributed by atoms with E-state index < -0.39 is 17.6 Å².